The molecule has 2 rings (SSSR count). The number of piperidine rings is 1. The van der Waals surface area contributed by atoms with Gasteiger partial charge in [0.05, 0.1) is 0 Å². The average Bonchev–Trinajstić information content (AvgIpc) is 2.38. The van der Waals surface area contributed by atoms with Gasteiger partial charge in [-0.2, -0.15) is 0 Å². The Hall–Kier alpha value is -0.730. The third-order valence-corrected chi connectivity index (χ3v) is 4.00. The lowest BCUT2D eigenvalue weighted by Crippen LogP contribution is -2.42. The molecule has 1 aromatic carbocycles. The maximum Gasteiger partial charge on any atom is 0.119 e. The van der Waals surface area contributed by atoms with Crippen LogP contribution in [0, 0.1) is 5.92 Å². The van der Waals surface area contributed by atoms with Crippen LogP contribution in [0.5, 0.6) is 5.75 Å². The molecule has 0 aromatic heterocycles. The lowest BCUT2D eigenvalue weighted by Gasteiger charge is -2.34. The number of rotatable bonds is 4. The Bertz CT molecular complexity index is 357. The molecule has 0 aliphatic carbocycles. The zero-order valence-corrected chi connectivity index (χ0v) is 12.0. The molecule has 1 heterocycles. The Morgan fingerprint density at radius 2 is 1.89 bits per heavy atom. The van der Waals surface area contributed by atoms with Crippen LogP contribution in [0.1, 0.15) is 26.7 Å². The van der Waals surface area contributed by atoms with Gasteiger partial charge in [0.2, 0.25) is 0 Å². The Labute approximate surface area is 115 Å². The highest BCUT2D eigenvalue weighted by Crippen LogP contribution is 2.19. The molecule has 1 aromatic rings. The van der Waals surface area contributed by atoms with E-state index in [1.807, 2.05) is 24.3 Å². The van der Waals surface area contributed by atoms with Crippen molar-refractivity contribution in [1.82, 2.24) is 4.90 Å². The van der Waals surface area contributed by atoms with Gasteiger partial charge < -0.3 is 4.74 Å². The van der Waals surface area contributed by atoms with E-state index >= 15 is 0 Å². The molecule has 0 saturated carbocycles. The monoisotopic (exact) mass is 267 g/mol. The Morgan fingerprint density at radius 3 is 2.50 bits per heavy atom. The van der Waals surface area contributed by atoms with Gasteiger partial charge in [-0.15, -0.1) is 0 Å². The first-order valence-electron chi connectivity index (χ1n) is 6.77. The summed E-state index contributed by atoms with van der Waals surface area (Å²) in [5.41, 5.74) is 0. The van der Waals surface area contributed by atoms with E-state index in [2.05, 4.69) is 18.7 Å². The lowest BCUT2D eigenvalue weighted by atomic mass is 9.98. The topological polar surface area (TPSA) is 12.5 Å². The van der Waals surface area contributed by atoms with Gasteiger partial charge in [-0.05, 0) is 63.0 Å². The van der Waals surface area contributed by atoms with Gasteiger partial charge in [-0.25, -0.2) is 0 Å². The first-order valence-corrected chi connectivity index (χ1v) is 7.15. The van der Waals surface area contributed by atoms with Crippen molar-refractivity contribution in [3.8, 4) is 5.75 Å². The van der Waals surface area contributed by atoms with E-state index in [1.165, 1.54) is 25.9 Å². The molecule has 0 unspecified atom stereocenters. The summed E-state index contributed by atoms with van der Waals surface area (Å²) in [6.45, 7) is 7.73. The van der Waals surface area contributed by atoms with Gasteiger partial charge in [0.1, 0.15) is 12.4 Å². The van der Waals surface area contributed by atoms with Crippen molar-refractivity contribution in [1.29, 1.82) is 0 Å². The van der Waals surface area contributed by atoms with Gasteiger partial charge >= 0.3 is 0 Å². The van der Waals surface area contributed by atoms with E-state index in [0.717, 1.165) is 23.3 Å². The summed E-state index contributed by atoms with van der Waals surface area (Å²) in [7, 11) is 0. The van der Waals surface area contributed by atoms with Crippen LogP contribution in [0.4, 0.5) is 0 Å². The molecule has 3 heteroatoms. The number of nitrogens with zero attached hydrogens (tertiary/aromatic N) is 1. The number of ether oxygens (including phenoxy) is 1. The van der Waals surface area contributed by atoms with Gasteiger partial charge in [-0.1, -0.05) is 18.5 Å². The average molecular weight is 268 g/mol. The molecule has 0 radical (unpaired) electrons. The summed E-state index contributed by atoms with van der Waals surface area (Å²) < 4.78 is 5.80. The van der Waals surface area contributed by atoms with E-state index in [4.69, 9.17) is 16.3 Å². The number of benzene rings is 1. The molecule has 2 nitrogen and oxygen atoms in total. The minimum atomic E-state index is 0.480. The normalized spacial score (nSPS) is 19.7. The number of halogens is 1. The van der Waals surface area contributed by atoms with Gasteiger partial charge in [0.25, 0.3) is 0 Å². The van der Waals surface area contributed by atoms with Crippen molar-refractivity contribution < 1.29 is 4.74 Å². The first-order chi connectivity index (χ1) is 8.65. The maximum absolute atomic E-state index is 5.85. The number of hydrogen-bond donors (Lipinski definition) is 0. The third-order valence-electron chi connectivity index (χ3n) is 3.75. The van der Waals surface area contributed by atoms with Crippen LogP contribution in [0.15, 0.2) is 24.3 Å². The molecule has 1 saturated heterocycles. The van der Waals surface area contributed by atoms with Gasteiger partial charge in [0, 0.05) is 11.1 Å². The number of hydrogen-bond acceptors (Lipinski definition) is 2. The minimum Gasteiger partial charge on any atom is -0.492 e. The Morgan fingerprint density at radius 1 is 1.28 bits per heavy atom. The lowest BCUT2D eigenvalue weighted by molar-refractivity contribution is 0.108. The standard InChI is InChI=1S/C15H22ClNO/c1-12-7-9-17(10-8-12)13(2)11-18-15-5-3-14(16)4-6-15/h3-6,12-13H,7-11H2,1-2H3/t13-/m1/s1. The van der Waals surface area contributed by atoms with Crippen LogP contribution in [0.3, 0.4) is 0 Å². The fourth-order valence-electron chi connectivity index (χ4n) is 2.32. The SMILES string of the molecule is CC1CCN([C@H](C)COc2ccc(Cl)cc2)CC1. The van der Waals surface area contributed by atoms with Crippen LogP contribution < -0.4 is 4.74 Å². The predicted octanol–water partition coefficient (Wildman–Crippen LogP) is 3.84. The molecule has 100 valence electrons. The van der Waals surface area contributed by atoms with Crippen LogP contribution in [-0.2, 0) is 0 Å². The molecule has 18 heavy (non-hydrogen) atoms. The summed E-state index contributed by atoms with van der Waals surface area (Å²) in [5.74, 6) is 1.78. The molecular weight excluding hydrogens is 246 g/mol. The third kappa shape index (κ3) is 3.89. The summed E-state index contributed by atoms with van der Waals surface area (Å²) in [6, 6.07) is 8.06. The Balaban J connectivity index is 1.77. The van der Waals surface area contributed by atoms with Crippen LogP contribution >= 0.6 is 11.6 Å². The van der Waals surface area contributed by atoms with Crippen LogP contribution in [0.25, 0.3) is 0 Å². The molecule has 0 spiro atoms. The minimum absolute atomic E-state index is 0.480. The summed E-state index contributed by atoms with van der Waals surface area (Å²) in [4.78, 5) is 2.52. The molecular formula is C15H22ClNO. The number of likely N-dealkylation sites (tertiary alicyclic amines) is 1. The van der Waals surface area contributed by atoms with Crippen LogP contribution in [-0.4, -0.2) is 30.6 Å². The molecule has 0 bridgehead atoms. The highest BCUT2D eigenvalue weighted by molar-refractivity contribution is 6.30. The summed E-state index contributed by atoms with van der Waals surface area (Å²) >= 11 is 5.85. The zero-order valence-electron chi connectivity index (χ0n) is 11.2. The molecule has 1 atom stereocenters. The highest BCUT2D eigenvalue weighted by atomic mass is 35.5. The van der Waals surface area contributed by atoms with Crippen molar-refractivity contribution in [2.24, 2.45) is 5.92 Å². The van der Waals surface area contributed by atoms with Gasteiger partial charge in [0.15, 0.2) is 0 Å². The summed E-state index contributed by atoms with van der Waals surface area (Å²) in [5, 5.41) is 0.750. The molecule has 1 aliphatic heterocycles. The van der Waals surface area contributed by atoms with E-state index in [1.54, 1.807) is 0 Å². The molecule has 0 N–H and O–H groups in total. The fourth-order valence-corrected chi connectivity index (χ4v) is 2.45. The first kappa shape index (κ1) is 13.7. The molecule has 0 amide bonds. The van der Waals surface area contributed by atoms with Crippen molar-refractivity contribution in [3.05, 3.63) is 29.3 Å². The van der Waals surface area contributed by atoms with E-state index < -0.39 is 0 Å². The smallest absolute Gasteiger partial charge is 0.119 e. The second-order valence-electron chi connectivity index (χ2n) is 5.33. The maximum atomic E-state index is 5.85. The molecule has 1 fully saturated rings. The molecule has 1 aliphatic rings. The Kier molecular flexibility index (Phi) is 4.90. The van der Waals surface area contributed by atoms with E-state index in [-0.39, 0.29) is 0 Å². The quantitative estimate of drug-likeness (QED) is 0.822. The highest BCUT2D eigenvalue weighted by Gasteiger charge is 2.20. The fraction of sp³-hybridized carbons (Fsp3) is 0.600. The van der Waals surface area contributed by atoms with Crippen molar-refractivity contribution in [2.45, 2.75) is 32.7 Å². The predicted molar refractivity (Wildman–Crippen MR) is 76.4 cm³/mol. The second-order valence-corrected chi connectivity index (χ2v) is 5.77. The van der Waals surface area contributed by atoms with Crippen molar-refractivity contribution >= 4 is 11.6 Å². The van der Waals surface area contributed by atoms with E-state index in [9.17, 15) is 0 Å². The van der Waals surface area contributed by atoms with Crippen molar-refractivity contribution in [3.63, 3.8) is 0 Å². The zero-order chi connectivity index (χ0) is 13.0. The van der Waals surface area contributed by atoms with Crippen molar-refractivity contribution in [2.75, 3.05) is 19.7 Å². The largest absolute Gasteiger partial charge is 0.492 e. The summed E-state index contributed by atoms with van der Waals surface area (Å²) in [6.07, 6.45) is 2.62. The van der Waals surface area contributed by atoms with Crippen LogP contribution in [0.2, 0.25) is 5.02 Å². The second kappa shape index (κ2) is 6.44. The van der Waals surface area contributed by atoms with E-state index in [0.29, 0.717) is 6.04 Å². The van der Waals surface area contributed by atoms with Gasteiger partial charge in [-0.3, -0.25) is 4.90 Å².